The van der Waals surface area contributed by atoms with Gasteiger partial charge in [-0.3, -0.25) is 11.7 Å². The van der Waals surface area contributed by atoms with Crippen molar-refractivity contribution in [2.45, 2.75) is 90.9 Å². The van der Waals surface area contributed by atoms with Gasteiger partial charge in [0.1, 0.15) is 0 Å². The molecule has 0 unspecified atom stereocenters. The molecule has 0 saturated carbocycles. The van der Waals surface area contributed by atoms with Crippen LogP contribution in [0.5, 0.6) is 0 Å². The molecule has 30 heavy (non-hydrogen) atoms. The van der Waals surface area contributed by atoms with Gasteiger partial charge in [-0.15, -0.1) is 0 Å². The van der Waals surface area contributed by atoms with Crippen molar-refractivity contribution >= 4 is 11.9 Å². The Hall–Kier alpha value is -1.92. The molecule has 6 heteroatoms. The van der Waals surface area contributed by atoms with Crippen LogP contribution in [-0.2, 0) is 9.47 Å². The highest BCUT2D eigenvalue weighted by Gasteiger charge is 2.18. The first-order valence-electron chi connectivity index (χ1n) is 11.5. The molecule has 1 aromatic carbocycles. The summed E-state index contributed by atoms with van der Waals surface area (Å²) in [6.45, 7) is 5.17. The summed E-state index contributed by atoms with van der Waals surface area (Å²) in [7, 11) is 0. The fourth-order valence-corrected chi connectivity index (χ4v) is 3.09. The molecule has 0 spiro atoms. The quantitative estimate of drug-likeness (QED) is 0.157. The van der Waals surface area contributed by atoms with E-state index >= 15 is 0 Å². The smallest absolute Gasteiger partial charge is 0.339 e. The zero-order chi connectivity index (χ0) is 22.5. The number of benzene rings is 1. The van der Waals surface area contributed by atoms with E-state index in [1.807, 2.05) is 0 Å². The average Bonchev–Trinajstić information content (AvgIpc) is 2.79. The number of nitrogens with two attached hydrogens (primary N) is 2. The van der Waals surface area contributed by atoms with Crippen molar-refractivity contribution in [1.82, 2.24) is 0 Å². The highest BCUT2D eigenvalue weighted by molar-refractivity contribution is 6.03. The van der Waals surface area contributed by atoms with Crippen LogP contribution < -0.4 is 11.7 Å². The Morgan fingerprint density at radius 1 is 0.633 bits per heavy atom. The van der Waals surface area contributed by atoms with Gasteiger partial charge in [0.25, 0.3) is 0 Å². The van der Waals surface area contributed by atoms with Crippen molar-refractivity contribution in [2.24, 2.45) is 11.7 Å². The van der Waals surface area contributed by atoms with E-state index in [9.17, 15) is 9.59 Å². The molecule has 0 aliphatic heterocycles. The van der Waals surface area contributed by atoms with E-state index in [4.69, 9.17) is 9.47 Å². The van der Waals surface area contributed by atoms with Crippen molar-refractivity contribution in [3.63, 3.8) is 0 Å². The van der Waals surface area contributed by atoms with Gasteiger partial charge < -0.3 is 9.47 Å². The number of unbranched alkanes of at least 4 members (excludes halogenated alkanes) is 10. The first-order valence-corrected chi connectivity index (χ1v) is 11.5. The fraction of sp³-hybridized carbons (Fsp3) is 0.667. The Morgan fingerprint density at radius 2 is 0.967 bits per heavy atom. The molecule has 0 heterocycles. The van der Waals surface area contributed by atoms with Crippen molar-refractivity contribution in [2.75, 3.05) is 13.2 Å². The molecule has 0 aliphatic carbocycles. The Kier molecular flexibility index (Phi) is 19.1. The molecule has 0 bridgehead atoms. The van der Waals surface area contributed by atoms with Gasteiger partial charge in [0.15, 0.2) is 0 Å². The van der Waals surface area contributed by atoms with Gasteiger partial charge in [0.05, 0.1) is 24.3 Å². The summed E-state index contributed by atoms with van der Waals surface area (Å²) in [5, 5.41) is 0. The van der Waals surface area contributed by atoms with Gasteiger partial charge in [0.2, 0.25) is 0 Å². The molecule has 0 atom stereocenters. The minimum Gasteiger partial charge on any atom is -0.462 e. The maximum absolute atomic E-state index is 12.4. The Morgan fingerprint density at radius 3 is 1.33 bits per heavy atom. The van der Waals surface area contributed by atoms with Crippen LogP contribution in [0, 0.1) is 0 Å². The second-order valence-electron chi connectivity index (χ2n) is 7.35. The van der Waals surface area contributed by atoms with E-state index in [2.05, 4.69) is 25.5 Å². The van der Waals surface area contributed by atoms with Gasteiger partial charge in [-0.2, -0.15) is 0 Å². The summed E-state index contributed by atoms with van der Waals surface area (Å²) in [6, 6.07) is 6.74. The van der Waals surface area contributed by atoms with Crippen LogP contribution in [0.2, 0.25) is 0 Å². The van der Waals surface area contributed by atoms with E-state index in [1.54, 1.807) is 24.3 Å². The molecule has 0 fully saturated rings. The number of hydrogen-bond acceptors (Lipinski definition) is 6. The molecule has 0 amide bonds. The summed E-state index contributed by atoms with van der Waals surface area (Å²) in [4.78, 5) is 24.7. The van der Waals surface area contributed by atoms with Crippen molar-refractivity contribution in [3.8, 4) is 0 Å². The van der Waals surface area contributed by atoms with E-state index in [0.29, 0.717) is 24.3 Å². The predicted molar refractivity (Wildman–Crippen MR) is 122 cm³/mol. The maximum atomic E-state index is 12.4. The number of hydrogen-bond donors (Lipinski definition) is 2. The van der Waals surface area contributed by atoms with Gasteiger partial charge in [-0.1, -0.05) is 90.2 Å². The lowest BCUT2D eigenvalue weighted by Crippen LogP contribution is -2.15. The van der Waals surface area contributed by atoms with Gasteiger partial charge in [0, 0.05) is 0 Å². The third kappa shape index (κ3) is 13.3. The zero-order valence-electron chi connectivity index (χ0n) is 19.0. The lowest BCUT2D eigenvalue weighted by Gasteiger charge is -2.10. The molecule has 0 saturated heterocycles. The largest absolute Gasteiger partial charge is 0.462 e. The number of ether oxygens (including phenoxy) is 2. The van der Waals surface area contributed by atoms with Crippen molar-refractivity contribution in [3.05, 3.63) is 35.4 Å². The van der Waals surface area contributed by atoms with Crippen LogP contribution in [0.3, 0.4) is 0 Å². The third-order valence-electron chi connectivity index (χ3n) is 4.83. The number of rotatable bonds is 16. The Bertz CT molecular complexity index is 515. The second kappa shape index (κ2) is 20.4. The number of esters is 2. The molecular weight excluding hydrogens is 380 g/mol. The maximum Gasteiger partial charge on any atom is 0.339 e. The summed E-state index contributed by atoms with van der Waals surface area (Å²) in [6.07, 6.45) is 13.6. The van der Waals surface area contributed by atoms with Crippen LogP contribution in [-0.4, -0.2) is 25.2 Å². The van der Waals surface area contributed by atoms with Gasteiger partial charge >= 0.3 is 11.9 Å². The van der Waals surface area contributed by atoms with Crippen LogP contribution in [0.25, 0.3) is 0 Å². The van der Waals surface area contributed by atoms with Crippen LogP contribution >= 0.6 is 0 Å². The molecule has 1 aromatic rings. The standard InChI is InChI=1S/C24H38O4.H4N2/c1-3-5-7-9-11-15-19-27-23(25)21-17-13-14-18-22(21)24(26)28-20-16-12-10-8-6-4-2;1-2/h13-14,17-18H,3-12,15-16,19-20H2,1-2H3;1-2H2. The van der Waals surface area contributed by atoms with Crippen LogP contribution in [0.15, 0.2) is 24.3 Å². The van der Waals surface area contributed by atoms with Gasteiger partial charge in [-0.25, -0.2) is 9.59 Å². The summed E-state index contributed by atoms with van der Waals surface area (Å²) in [5.74, 6) is 7.11. The lowest BCUT2D eigenvalue weighted by molar-refractivity contribution is 0.0450. The normalized spacial score (nSPS) is 10.1. The highest BCUT2D eigenvalue weighted by atomic mass is 16.5. The van der Waals surface area contributed by atoms with E-state index < -0.39 is 11.9 Å². The van der Waals surface area contributed by atoms with Crippen molar-refractivity contribution < 1.29 is 19.1 Å². The molecular formula is C24H42N2O4. The molecule has 172 valence electrons. The first-order chi connectivity index (χ1) is 14.7. The highest BCUT2D eigenvalue weighted by Crippen LogP contribution is 2.14. The lowest BCUT2D eigenvalue weighted by atomic mass is 10.1. The van der Waals surface area contributed by atoms with E-state index in [-0.39, 0.29) is 0 Å². The fourth-order valence-electron chi connectivity index (χ4n) is 3.09. The second-order valence-corrected chi connectivity index (χ2v) is 7.35. The molecule has 0 radical (unpaired) electrons. The van der Waals surface area contributed by atoms with E-state index in [1.165, 1.54) is 51.4 Å². The monoisotopic (exact) mass is 422 g/mol. The number of carbonyl (C=O) groups excluding carboxylic acids is 2. The number of carbonyl (C=O) groups is 2. The summed E-state index contributed by atoms with van der Waals surface area (Å²) < 4.78 is 10.7. The molecule has 1 rings (SSSR count). The minimum atomic E-state index is -0.444. The Balaban J connectivity index is 0.00000407. The molecule has 0 aliphatic rings. The predicted octanol–water partition coefficient (Wildman–Crippen LogP) is 5.54. The topological polar surface area (TPSA) is 105 Å². The Labute approximate surface area is 182 Å². The van der Waals surface area contributed by atoms with Crippen LogP contribution in [0.1, 0.15) is 112 Å². The minimum absolute atomic E-state index is 0.293. The molecule has 0 aromatic heterocycles. The average molecular weight is 423 g/mol. The molecule has 6 nitrogen and oxygen atoms in total. The van der Waals surface area contributed by atoms with E-state index in [0.717, 1.165) is 25.7 Å². The summed E-state index contributed by atoms with van der Waals surface area (Å²) in [5.41, 5.74) is 0.586. The first kappa shape index (κ1) is 28.1. The van der Waals surface area contributed by atoms with Crippen LogP contribution in [0.4, 0.5) is 0 Å². The molecule has 4 N–H and O–H groups in total. The van der Waals surface area contributed by atoms with Gasteiger partial charge in [-0.05, 0) is 25.0 Å². The SMILES string of the molecule is CCCCCCCCOC(=O)c1ccccc1C(=O)OCCCCCCCC.NN. The zero-order valence-corrected chi connectivity index (χ0v) is 19.0. The number of hydrazine groups is 1. The van der Waals surface area contributed by atoms with Crippen molar-refractivity contribution in [1.29, 1.82) is 0 Å². The summed E-state index contributed by atoms with van der Waals surface area (Å²) >= 11 is 0. The third-order valence-corrected chi connectivity index (χ3v) is 4.83.